The lowest BCUT2D eigenvalue weighted by molar-refractivity contribution is -0.0429. The minimum atomic E-state index is -5.53. The Balaban J connectivity index is 2.52. The quantitative estimate of drug-likeness (QED) is 0.912. The highest BCUT2D eigenvalue weighted by molar-refractivity contribution is 7.93. The Labute approximate surface area is 118 Å². The van der Waals surface area contributed by atoms with E-state index in [0.29, 0.717) is 0 Å². The van der Waals surface area contributed by atoms with Gasteiger partial charge in [-0.3, -0.25) is 4.72 Å². The number of nitrogens with one attached hydrogen (secondary N) is 1. The molecule has 0 aliphatic carbocycles. The first-order valence-electron chi connectivity index (χ1n) is 5.69. The number of para-hydroxylation sites is 2. The topological polar surface area (TPSA) is 66.4 Å². The predicted molar refractivity (Wildman–Crippen MR) is 72.1 cm³/mol. The number of benzene rings is 2. The van der Waals surface area contributed by atoms with Crippen molar-refractivity contribution in [2.24, 2.45) is 0 Å². The Bertz CT molecular complexity index is 757. The van der Waals surface area contributed by atoms with Crippen LogP contribution in [0, 0.1) is 0 Å². The second-order valence-corrected chi connectivity index (χ2v) is 5.79. The van der Waals surface area contributed by atoms with Crippen LogP contribution in [0.2, 0.25) is 0 Å². The Hall–Kier alpha value is -2.22. The third kappa shape index (κ3) is 3.10. The highest BCUT2D eigenvalue weighted by Crippen LogP contribution is 2.36. The molecule has 0 saturated carbocycles. The van der Waals surface area contributed by atoms with Crippen molar-refractivity contribution in [2.45, 2.75) is 5.51 Å². The number of sulfonamides is 1. The number of hydrogen-bond donors (Lipinski definition) is 2. The summed E-state index contributed by atoms with van der Waals surface area (Å²) in [6.45, 7) is 0. The number of phenolic OH excluding ortho intramolecular Hbond substituents is 1. The van der Waals surface area contributed by atoms with Gasteiger partial charge in [-0.1, -0.05) is 36.4 Å². The van der Waals surface area contributed by atoms with Crippen molar-refractivity contribution in [1.29, 1.82) is 0 Å². The largest absolute Gasteiger partial charge is 0.516 e. The molecule has 0 aromatic heterocycles. The van der Waals surface area contributed by atoms with Gasteiger partial charge in [-0.25, -0.2) is 0 Å². The summed E-state index contributed by atoms with van der Waals surface area (Å²) in [5.41, 5.74) is -5.32. The molecular weight excluding hydrogens is 307 g/mol. The maximum atomic E-state index is 12.4. The van der Waals surface area contributed by atoms with Crippen LogP contribution in [0.5, 0.6) is 5.75 Å². The molecule has 0 bridgehead atoms. The van der Waals surface area contributed by atoms with Crippen LogP contribution in [0.1, 0.15) is 0 Å². The molecule has 0 atom stereocenters. The van der Waals surface area contributed by atoms with Gasteiger partial charge in [0.05, 0.1) is 5.69 Å². The normalized spacial score (nSPS) is 12.1. The van der Waals surface area contributed by atoms with Gasteiger partial charge in [0.1, 0.15) is 5.75 Å². The molecule has 0 fully saturated rings. The molecule has 0 heterocycles. The van der Waals surface area contributed by atoms with E-state index < -0.39 is 15.5 Å². The lowest BCUT2D eigenvalue weighted by atomic mass is 10.0. The molecule has 0 saturated heterocycles. The van der Waals surface area contributed by atoms with E-state index in [-0.39, 0.29) is 22.6 Å². The van der Waals surface area contributed by atoms with Crippen molar-refractivity contribution in [1.82, 2.24) is 0 Å². The van der Waals surface area contributed by atoms with Crippen LogP contribution in [0.15, 0.2) is 48.5 Å². The molecule has 2 aromatic rings. The number of alkyl halides is 3. The van der Waals surface area contributed by atoms with Crippen molar-refractivity contribution < 1.29 is 26.7 Å². The van der Waals surface area contributed by atoms with Crippen LogP contribution in [0.4, 0.5) is 18.9 Å². The van der Waals surface area contributed by atoms with Crippen LogP contribution < -0.4 is 4.72 Å². The number of hydrogen-bond acceptors (Lipinski definition) is 3. The third-order valence-corrected chi connectivity index (χ3v) is 3.77. The molecule has 21 heavy (non-hydrogen) atoms. The van der Waals surface area contributed by atoms with Crippen LogP contribution in [-0.2, 0) is 10.0 Å². The number of anilines is 1. The lowest BCUT2D eigenvalue weighted by Gasteiger charge is -2.14. The molecule has 4 nitrogen and oxygen atoms in total. The molecule has 0 unspecified atom stereocenters. The average molecular weight is 317 g/mol. The second-order valence-electron chi connectivity index (χ2n) is 4.11. The zero-order chi connectivity index (χ0) is 15.7. The zero-order valence-corrected chi connectivity index (χ0v) is 11.2. The fourth-order valence-corrected chi connectivity index (χ4v) is 2.29. The molecule has 112 valence electrons. The third-order valence-electron chi connectivity index (χ3n) is 2.67. The number of halogens is 3. The summed E-state index contributed by atoms with van der Waals surface area (Å²) in [5.74, 6) is -0.170. The molecular formula is C13H10F3NO3S. The van der Waals surface area contributed by atoms with Crippen molar-refractivity contribution in [2.75, 3.05) is 4.72 Å². The van der Waals surface area contributed by atoms with E-state index in [0.717, 1.165) is 0 Å². The van der Waals surface area contributed by atoms with Crippen LogP contribution in [0.3, 0.4) is 0 Å². The maximum absolute atomic E-state index is 12.4. The van der Waals surface area contributed by atoms with Gasteiger partial charge >= 0.3 is 15.5 Å². The van der Waals surface area contributed by atoms with Gasteiger partial charge < -0.3 is 5.11 Å². The Morgan fingerprint density at radius 2 is 1.43 bits per heavy atom. The zero-order valence-electron chi connectivity index (χ0n) is 10.4. The molecule has 0 spiro atoms. The fraction of sp³-hybridized carbons (Fsp3) is 0.0769. The molecule has 8 heteroatoms. The minimum absolute atomic E-state index is 0.142. The van der Waals surface area contributed by atoms with Crippen molar-refractivity contribution >= 4 is 15.7 Å². The van der Waals surface area contributed by atoms with Crippen LogP contribution >= 0.6 is 0 Å². The van der Waals surface area contributed by atoms with Gasteiger partial charge in [-0.2, -0.15) is 21.6 Å². The van der Waals surface area contributed by atoms with Crippen molar-refractivity contribution in [3.63, 3.8) is 0 Å². The summed E-state index contributed by atoms with van der Waals surface area (Å²) in [4.78, 5) is 0. The standard InChI is InChI=1S/C13H10F3NO3S/c14-13(15,16)21(19,20)17-11-7-3-1-5-9(11)10-6-2-4-8-12(10)18/h1-8,17-18H. The highest BCUT2D eigenvalue weighted by atomic mass is 32.2. The van der Waals surface area contributed by atoms with E-state index in [2.05, 4.69) is 0 Å². The Morgan fingerprint density at radius 1 is 0.905 bits per heavy atom. The lowest BCUT2D eigenvalue weighted by Crippen LogP contribution is -2.30. The number of rotatable bonds is 3. The van der Waals surface area contributed by atoms with Crippen LogP contribution in [-0.4, -0.2) is 19.0 Å². The van der Waals surface area contributed by atoms with E-state index in [1.54, 1.807) is 12.1 Å². The SMILES string of the molecule is O=S(=O)(Nc1ccccc1-c1ccccc1O)C(F)(F)F. The fourth-order valence-electron chi connectivity index (χ4n) is 1.71. The smallest absolute Gasteiger partial charge is 0.507 e. The molecule has 0 aliphatic rings. The van der Waals surface area contributed by atoms with E-state index >= 15 is 0 Å². The minimum Gasteiger partial charge on any atom is -0.507 e. The first-order chi connectivity index (χ1) is 9.72. The van der Waals surface area contributed by atoms with Gasteiger partial charge in [0.25, 0.3) is 0 Å². The van der Waals surface area contributed by atoms with Crippen molar-refractivity contribution in [3.8, 4) is 16.9 Å². The highest BCUT2D eigenvalue weighted by Gasteiger charge is 2.46. The van der Waals surface area contributed by atoms with E-state index in [4.69, 9.17) is 0 Å². The van der Waals surface area contributed by atoms with E-state index in [9.17, 15) is 26.7 Å². The predicted octanol–water partition coefficient (Wildman–Crippen LogP) is 3.32. The van der Waals surface area contributed by atoms with Gasteiger partial charge in [0, 0.05) is 11.1 Å². The summed E-state index contributed by atoms with van der Waals surface area (Å²) in [6.07, 6.45) is 0. The van der Waals surface area contributed by atoms with Gasteiger partial charge in [-0.15, -0.1) is 0 Å². The van der Waals surface area contributed by atoms with Crippen LogP contribution in [0.25, 0.3) is 11.1 Å². The molecule has 0 aliphatic heterocycles. The van der Waals surface area contributed by atoms with Gasteiger partial charge in [0.15, 0.2) is 0 Å². The van der Waals surface area contributed by atoms with Gasteiger partial charge in [-0.05, 0) is 12.1 Å². The van der Waals surface area contributed by atoms with E-state index in [1.807, 2.05) is 0 Å². The van der Waals surface area contributed by atoms with E-state index in [1.165, 1.54) is 41.1 Å². The average Bonchev–Trinajstić information content (AvgIpc) is 2.38. The monoisotopic (exact) mass is 317 g/mol. The molecule has 2 rings (SSSR count). The van der Waals surface area contributed by atoms with Crippen molar-refractivity contribution in [3.05, 3.63) is 48.5 Å². The van der Waals surface area contributed by atoms with Gasteiger partial charge in [0.2, 0.25) is 0 Å². The second kappa shape index (κ2) is 5.28. The summed E-state index contributed by atoms with van der Waals surface area (Å²) in [7, 11) is -5.53. The molecule has 2 N–H and O–H groups in total. The Morgan fingerprint density at radius 3 is 2.00 bits per heavy atom. The number of aromatic hydroxyl groups is 1. The summed E-state index contributed by atoms with van der Waals surface area (Å²) < 4.78 is 61.2. The maximum Gasteiger partial charge on any atom is 0.516 e. The molecule has 0 amide bonds. The summed E-state index contributed by atoms with van der Waals surface area (Å²) in [6, 6.07) is 11.4. The Kier molecular flexibility index (Phi) is 3.82. The summed E-state index contributed by atoms with van der Waals surface area (Å²) >= 11 is 0. The first-order valence-corrected chi connectivity index (χ1v) is 7.17. The summed E-state index contributed by atoms with van der Waals surface area (Å²) in [5, 5.41) is 9.75. The molecule has 0 radical (unpaired) electrons. The first kappa shape index (κ1) is 15.2. The molecule has 2 aromatic carbocycles. The number of phenols is 1.